The summed E-state index contributed by atoms with van der Waals surface area (Å²) in [5, 5.41) is 9.16. The quantitative estimate of drug-likeness (QED) is 0.670. The number of rotatable bonds is 3. The number of carbonyl (C=O) groups is 1. The van der Waals surface area contributed by atoms with E-state index in [1.54, 1.807) is 7.05 Å². The average molecular weight is 205 g/mol. The van der Waals surface area contributed by atoms with Gasteiger partial charge in [0, 0.05) is 31.4 Å². The van der Waals surface area contributed by atoms with E-state index in [0.29, 0.717) is 11.6 Å². The molecule has 0 aliphatic carbocycles. The maximum atomic E-state index is 11.3. The Morgan fingerprint density at radius 3 is 2.47 bits per heavy atom. The first kappa shape index (κ1) is 9.98. The first-order chi connectivity index (χ1) is 7.29. The van der Waals surface area contributed by atoms with Gasteiger partial charge in [0.05, 0.1) is 6.04 Å². The molecule has 1 amide bonds. The number of amides is 1. The number of carbonyl (C=O) groups excluding carboxylic acids is 1. The van der Waals surface area contributed by atoms with E-state index in [1.165, 1.54) is 0 Å². The van der Waals surface area contributed by atoms with E-state index in [4.69, 9.17) is 0 Å². The van der Waals surface area contributed by atoms with E-state index in [1.807, 2.05) is 24.3 Å². The van der Waals surface area contributed by atoms with E-state index in [-0.39, 0.29) is 5.91 Å². The van der Waals surface area contributed by atoms with Crippen LogP contribution in [-0.4, -0.2) is 32.1 Å². The van der Waals surface area contributed by atoms with Gasteiger partial charge >= 0.3 is 0 Å². The summed E-state index contributed by atoms with van der Waals surface area (Å²) in [5.74, 6) is -0.0492. The first-order valence-corrected chi connectivity index (χ1v) is 5.09. The van der Waals surface area contributed by atoms with Gasteiger partial charge in [-0.3, -0.25) is 4.79 Å². The van der Waals surface area contributed by atoms with Gasteiger partial charge in [0.25, 0.3) is 5.91 Å². The fourth-order valence-electron chi connectivity index (χ4n) is 1.49. The fraction of sp³-hybridized carbons (Fsp3) is 0.364. The molecular weight excluding hydrogens is 190 g/mol. The largest absolute Gasteiger partial charge is 0.380 e. The molecule has 0 spiro atoms. The van der Waals surface area contributed by atoms with Gasteiger partial charge in [-0.25, -0.2) is 0 Å². The minimum atomic E-state index is -0.0492. The molecule has 0 atom stereocenters. The van der Waals surface area contributed by atoms with Crippen LogP contribution in [0.3, 0.4) is 0 Å². The Morgan fingerprint density at radius 2 is 2.00 bits per heavy atom. The van der Waals surface area contributed by atoms with Crippen molar-refractivity contribution in [2.24, 2.45) is 0 Å². The second-order valence-electron chi connectivity index (χ2n) is 3.66. The lowest BCUT2D eigenvalue weighted by Crippen LogP contribution is -2.51. The highest BCUT2D eigenvalue weighted by Crippen LogP contribution is 2.11. The van der Waals surface area contributed by atoms with Crippen LogP contribution in [0.5, 0.6) is 0 Å². The van der Waals surface area contributed by atoms with Crippen LogP contribution in [0.2, 0.25) is 0 Å². The van der Waals surface area contributed by atoms with Gasteiger partial charge in [0.2, 0.25) is 0 Å². The molecule has 4 heteroatoms. The minimum Gasteiger partial charge on any atom is -0.380 e. The van der Waals surface area contributed by atoms with Crippen LogP contribution < -0.4 is 16.0 Å². The zero-order chi connectivity index (χ0) is 10.7. The smallest absolute Gasteiger partial charge is 0.251 e. The van der Waals surface area contributed by atoms with Crippen molar-refractivity contribution in [3.8, 4) is 0 Å². The van der Waals surface area contributed by atoms with Gasteiger partial charge in [0.15, 0.2) is 0 Å². The molecule has 1 fully saturated rings. The maximum absolute atomic E-state index is 11.3. The third kappa shape index (κ3) is 2.27. The summed E-state index contributed by atoms with van der Waals surface area (Å²) in [6, 6.07) is 8.04. The zero-order valence-electron chi connectivity index (χ0n) is 8.71. The molecular formula is C11H15N3O. The first-order valence-electron chi connectivity index (χ1n) is 5.09. The molecule has 0 bridgehead atoms. The van der Waals surface area contributed by atoms with Crippen molar-refractivity contribution < 1.29 is 4.79 Å². The van der Waals surface area contributed by atoms with Crippen LogP contribution in [0.1, 0.15) is 10.4 Å². The molecule has 0 aromatic heterocycles. The molecule has 15 heavy (non-hydrogen) atoms. The van der Waals surface area contributed by atoms with Crippen molar-refractivity contribution in [2.75, 3.05) is 25.5 Å². The fourth-order valence-corrected chi connectivity index (χ4v) is 1.49. The van der Waals surface area contributed by atoms with E-state index < -0.39 is 0 Å². The van der Waals surface area contributed by atoms with Crippen LogP contribution in [-0.2, 0) is 0 Å². The Morgan fingerprint density at radius 1 is 1.33 bits per heavy atom. The molecule has 0 unspecified atom stereocenters. The summed E-state index contributed by atoms with van der Waals surface area (Å²) in [7, 11) is 1.63. The van der Waals surface area contributed by atoms with Crippen LogP contribution in [0.25, 0.3) is 0 Å². The number of hydrogen-bond donors (Lipinski definition) is 3. The molecule has 0 saturated carbocycles. The lowest BCUT2D eigenvalue weighted by Gasteiger charge is -2.28. The van der Waals surface area contributed by atoms with Gasteiger partial charge in [0.1, 0.15) is 0 Å². The lowest BCUT2D eigenvalue weighted by molar-refractivity contribution is 0.0963. The van der Waals surface area contributed by atoms with Crippen molar-refractivity contribution in [3.63, 3.8) is 0 Å². The molecule has 2 rings (SSSR count). The standard InChI is InChI=1S/C11H15N3O/c1-12-11(15)8-2-4-9(5-3-8)14-10-6-13-7-10/h2-5,10,13-14H,6-7H2,1H3,(H,12,15). The van der Waals surface area contributed by atoms with Crippen molar-refractivity contribution in [1.82, 2.24) is 10.6 Å². The normalized spacial score (nSPS) is 15.5. The van der Waals surface area contributed by atoms with Crippen molar-refractivity contribution in [2.45, 2.75) is 6.04 Å². The Hall–Kier alpha value is -1.55. The Bertz CT molecular complexity index is 343. The highest BCUT2D eigenvalue weighted by Gasteiger charge is 2.15. The summed E-state index contributed by atoms with van der Waals surface area (Å²) in [5.41, 5.74) is 1.75. The maximum Gasteiger partial charge on any atom is 0.251 e. The van der Waals surface area contributed by atoms with E-state index in [2.05, 4.69) is 16.0 Å². The second kappa shape index (κ2) is 4.31. The lowest BCUT2D eigenvalue weighted by atomic mass is 10.1. The summed E-state index contributed by atoms with van der Waals surface area (Å²) in [4.78, 5) is 11.3. The molecule has 0 radical (unpaired) electrons. The molecule has 80 valence electrons. The predicted octanol–water partition coefficient (Wildman–Crippen LogP) is 0.430. The van der Waals surface area contributed by atoms with Crippen LogP contribution >= 0.6 is 0 Å². The van der Waals surface area contributed by atoms with Crippen LogP contribution in [0.15, 0.2) is 24.3 Å². The average Bonchev–Trinajstić information content (AvgIpc) is 2.23. The van der Waals surface area contributed by atoms with Crippen molar-refractivity contribution in [3.05, 3.63) is 29.8 Å². The number of benzene rings is 1. The topological polar surface area (TPSA) is 53.2 Å². The predicted molar refractivity (Wildman–Crippen MR) is 60.1 cm³/mol. The monoisotopic (exact) mass is 205 g/mol. The third-order valence-electron chi connectivity index (χ3n) is 2.53. The minimum absolute atomic E-state index is 0.0492. The van der Waals surface area contributed by atoms with Gasteiger partial charge < -0.3 is 16.0 Å². The molecule has 1 aliphatic heterocycles. The molecule has 1 aliphatic rings. The molecule has 1 heterocycles. The Balaban J connectivity index is 1.99. The summed E-state index contributed by atoms with van der Waals surface area (Å²) in [6.07, 6.45) is 0. The molecule has 1 aromatic rings. The zero-order valence-corrected chi connectivity index (χ0v) is 8.71. The second-order valence-corrected chi connectivity index (χ2v) is 3.66. The van der Waals surface area contributed by atoms with Crippen LogP contribution in [0.4, 0.5) is 5.69 Å². The van der Waals surface area contributed by atoms with Gasteiger partial charge in [-0.2, -0.15) is 0 Å². The summed E-state index contributed by atoms with van der Waals surface area (Å²) in [6.45, 7) is 2.02. The van der Waals surface area contributed by atoms with Crippen molar-refractivity contribution >= 4 is 11.6 Å². The molecule has 4 nitrogen and oxygen atoms in total. The van der Waals surface area contributed by atoms with E-state index in [9.17, 15) is 4.79 Å². The van der Waals surface area contributed by atoms with Gasteiger partial charge in [-0.1, -0.05) is 0 Å². The van der Waals surface area contributed by atoms with Crippen LogP contribution in [0, 0.1) is 0 Å². The number of nitrogens with one attached hydrogen (secondary N) is 3. The SMILES string of the molecule is CNC(=O)c1ccc(NC2CNC2)cc1. The summed E-state index contributed by atoms with van der Waals surface area (Å²) < 4.78 is 0. The van der Waals surface area contributed by atoms with E-state index >= 15 is 0 Å². The summed E-state index contributed by atoms with van der Waals surface area (Å²) >= 11 is 0. The van der Waals surface area contributed by atoms with Gasteiger partial charge in [-0.15, -0.1) is 0 Å². The molecule has 1 aromatic carbocycles. The van der Waals surface area contributed by atoms with Crippen molar-refractivity contribution in [1.29, 1.82) is 0 Å². The number of anilines is 1. The van der Waals surface area contributed by atoms with Gasteiger partial charge in [-0.05, 0) is 24.3 Å². The Labute approximate surface area is 89.1 Å². The molecule has 1 saturated heterocycles. The number of hydrogen-bond acceptors (Lipinski definition) is 3. The highest BCUT2D eigenvalue weighted by atomic mass is 16.1. The Kier molecular flexibility index (Phi) is 2.87. The highest BCUT2D eigenvalue weighted by molar-refractivity contribution is 5.94. The van der Waals surface area contributed by atoms with E-state index in [0.717, 1.165) is 18.8 Å². The molecule has 3 N–H and O–H groups in total. The third-order valence-corrected chi connectivity index (χ3v) is 2.53.